The monoisotopic (exact) mass is 674 g/mol. The van der Waals surface area contributed by atoms with E-state index < -0.39 is 5.97 Å². The molecule has 230 valence electrons. The van der Waals surface area contributed by atoms with Crippen molar-refractivity contribution in [1.82, 2.24) is 4.98 Å². The molecule has 9 rings (SSSR count). The van der Waals surface area contributed by atoms with E-state index >= 15 is 0 Å². The number of pyridine rings is 1. The maximum absolute atomic E-state index is 13.6. The zero-order valence-electron chi connectivity index (χ0n) is 25.4. The van der Waals surface area contributed by atoms with Gasteiger partial charge in [0.25, 0.3) is 0 Å². The van der Waals surface area contributed by atoms with Crippen LogP contribution in [0.15, 0.2) is 83.4 Å². The number of ether oxygens (including phenoxy) is 1. The summed E-state index contributed by atoms with van der Waals surface area (Å²) >= 11 is 3.56. The molecule has 2 saturated carbocycles. The van der Waals surface area contributed by atoms with E-state index in [2.05, 4.69) is 28.1 Å². The fourth-order valence-electron chi connectivity index (χ4n) is 7.97. The number of imide groups is 1. The summed E-state index contributed by atoms with van der Waals surface area (Å²) in [6.07, 6.45) is 6.16. The number of ketones is 1. The largest absolute Gasteiger partial charge is 0.454 e. The molecule has 7 nitrogen and oxygen atoms in total. The zero-order chi connectivity index (χ0) is 31.9. The Morgan fingerprint density at radius 1 is 0.913 bits per heavy atom. The van der Waals surface area contributed by atoms with Gasteiger partial charge in [0.1, 0.15) is 0 Å². The van der Waals surface area contributed by atoms with Gasteiger partial charge in [-0.2, -0.15) is 0 Å². The summed E-state index contributed by atoms with van der Waals surface area (Å²) in [6.45, 7) is 3.58. The van der Waals surface area contributed by atoms with Gasteiger partial charge in [-0.05, 0) is 79.3 Å². The van der Waals surface area contributed by atoms with Gasteiger partial charge in [0.05, 0.1) is 34.3 Å². The first-order valence-corrected chi connectivity index (χ1v) is 16.6. The van der Waals surface area contributed by atoms with Crippen molar-refractivity contribution in [3.63, 3.8) is 0 Å². The number of anilines is 1. The number of aryl methyl sites for hydroxylation is 2. The lowest BCUT2D eigenvalue weighted by Gasteiger charge is -2.37. The molecule has 1 saturated heterocycles. The van der Waals surface area contributed by atoms with Crippen molar-refractivity contribution in [1.29, 1.82) is 0 Å². The summed E-state index contributed by atoms with van der Waals surface area (Å²) in [4.78, 5) is 59.9. The quantitative estimate of drug-likeness (QED) is 0.0896. The molecule has 1 aliphatic heterocycles. The Kier molecular flexibility index (Phi) is 6.83. The van der Waals surface area contributed by atoms with Crippen LogP contribution in [0.25, 0.3) is 22.2 Å². The lowest BCUT2D eigenvalue weighted by atomic mass is 9.63. The molecule has 46 heavy (non-hydrogen) atoms. The van der Waals surface area contributed by atoms with Crippen molar-refractivity contribution < 1.29 is 23.9 Å². The molecule has 2 heterocycles. The van der Waals surface area contributed by atoms with Gasteiger partial charge >= 0.3 is 5.97 Å². The first-order chi connectivity index (χ1) is 22.2. The van der Waals surface area contributed by atoms with Gasteiger partial charge in [-0.25, -0.2) is 9.78 Å². The number of nitrogens with zero attached hydrogens (tertiary/aromatic N) is 2. The van der Waals surface area contributed by atoms with Crippen molar-refractivity contribution in [3.05, 3.63) is 106 Å². The molecule has 8 heteroatoms. The maximum atomic E-state index is 13.6. The van der Waals surface area contributed by atoms with E-state index in [0.717, 1.165) is 27.6 Å². The van der Waals surface area contributed by atoms with Crippen molar-refractivity contribution >= 4 is 56.1 Å². The molecular weight excluding hydrogens is 644 g/mol. The second kappa shape index (κ2) is 10.8. The SMILES string of the molecule is CCc1cc(Br)cc2c(C(=O)OCC(=O)c3ccc(C)cc3)cc(-c3ccc(N4C(=O)C5C6C=CC(C7CC67)C5C4=O)cc3)nc12. The topological polar surface area (TPSA) is 93.6 Å². The number of carbonyl (C=O) groups is 4. The predicted octanol–water partition coefficient (Wildman–Crippen LogP) is 7.13. The van der Waals surface area contributed by atoms with Crippen LogP contribution in [0.1, 0.15) is 45.2 Å². The van der Waals surface area contributed by atoms with Crippen LogP contribution >= 0.6 is 15.9 Å². The Morgan fingerprint density at radius 3 is 2.20 bits per heavy atom. The van der Waals surface area contributed by atoms with E-state index in [-0.39, 0.29) is 47.9 Å². The smallest absolute Gasteiger partial charge is 0.339 e. The van der Waals surface area contributed by atoms with Crippen LogP contribution < -0.4 is 4.90 Å². The molecule has 3 aromatic carbocycles. The molecule has 0 N–H and O–H groups in total. The molecule has 6 unspecified atom stereocenters. The average Bonchev–Trinajstić information content (AvgIpc) is 3.85. The van der Waals surface area contributed by atoms with E-state index in [1.54, 1.807) is 30.3 Å². The summed E-state index contributed by atoms with van der Waals surface area (Å²) in [5.74, 6) is -0.194. The highest BCUT2D eigenvalue weighted by molar-refractivity contribution is 9.10. The van der Waals surface area contributed by atoms with Crippen LogP contribution in [0, 0.1) is 42.4 Å². The highest BCUT2D eigenvalue weighted by atomic mass is 79.9. The molecular formula is C38H31BrN2O5. The number of allylic oxidation sites excluding steroid dienone is 2. The van der Waals surface area contributed by atoms with Crippen LogP contribution in [-0.4, -0.2) is 35.2 Å². The Bertz CT molecular complexity index is 1960. The number of benzene rings is 3. The van der Waals surface area contributed by atoms with Gasteiger partial charge < -0.3 is 4.74 Å². The Morgan fingerprint density at radius 2 is 1.57 bits per heavy atom. The number of amides is 2. The maximum Gasteiger partial charge on any atom is 0.339 e. The Balaban J connectivity index is 1.10. The van der Waals surface area contributed by atoms with E-state index in [9.17, 15) is 19.2 Å². The van der Waals surface area contributed by atoms with Crippen LogP contribution in [0.2, 0.25) is 0 Å². The van der Waals surface area contributed by atoms with Crippen molar-refractivity contribution in [3.8, 4) is 11.3 Å². The molecule has 6 atom stereocenters. The van der Waals surface area contributed by atoms with Crippen LogP contribution in [0.5, 0.6) is 0 Å². The number of Topliss-reactive ketones (excluding diaryl/α,β-unsaturated/α-hetero) is 1. The summed E-state index contributed by atoms with van der Waals surface area (Å²) in [7, 11) is 0. The third-order valence-corrected chi connectivity index (χ3v) is 10.8. The first-order valence-electron chi connectivity index (χ1n) is 15.8. The fourth-order valence-corrected chi connectivity index (χ4v) is 8.48. The fraction of sp³-hybridized carbons (Fsp3) is 0.289. The Hall–Kier alpha value is -4.43. The lowest BCUT2D eigenvalue weighted by molar-refractivity contribution is -0.124. The molecule has 2 amide bonds. The van der Waals surface area contributed by atoms with Crippen LogP contribution in [0.3, 0.4) is 0 Å². The number of carbonyl (C=O) groups excluding carboxylic acids is 4. The standard InChI is InChI=1S/C38H31BrN2O5/c1-3-20-14-23(39)15-29-30(38(45)46-18-32(42)22-6-4-19(2)5-7-22)17-31(40-35(20)29)21-8-10-24(11-9-21)41-36(43)33-25-12-13-26(28-16-27(25)28)34(33)37(41)44/h4-15,17,25-28,33-34H,3,16,18H2,1-2H3. The molecule has 4 aliphatic carbocycles. The second-order valence-corrected chi connectivity index (χ2v) is 13.9. The number of hydrogen-bond donors (Lipinski definition) is 0. The van der Waals surface area contributed by atoms with E-state index in [1.807, 2.05) is 50.2 Å². The van der Waals surface area contributed by atoms with Gasteiger partial charge in [0, 0.05) is 21.0 Å². The van der Waals surface area contributed by atoms with Gasteiger partial charge in [0.15, 0.2) is 12.4 Å². The molecule has 2 bridgehead atoms. The summed E-state index contributed by atoms with van der Waals surface area (Å²) in [5.41, 5.74) is 5.24. The third-order valence-electron chi connectivity index (χ3n) is 10.3. The zero-order valence-corrected chi connectivity index (χ0v) is 27.0. The Labute approximate surface area is 274 Å². The molecule has 3 fully saturated rings. The van der Waals surface area contributed by atoms with E-state index in [1.165, 1.54) is 4.90 Å². The number of esters is 1. The average molecular weight is 676 g/mol. The summed E-state index contributed by atoms with van der Waals surface area (Å²) < 4.78 is 6.37. The molecule has 1 aromatic heterocycles. The van der Waals surface area contributed by atoms with Gasteiger partial charge in [-0.15, -0.1) is 0 Å². The number of halogens is 1. The third kappa shape index (κ3) is 4.56. The number of hydrogen-bond acceptors (Lipinski definition) is 6. The summed E-state index contributed by atoms with van der Waals surface area (Å²) in [5, 5.41) is 0.622. The highest BCUT2D eigenvalue weighted by Crippen LogP contribution is 2.65. The lowest BCUT2D eigenvalue weighted by Crippen LogP contribution is -2.40. The normalized spacial score (nSPS) is 25.5. The first kappa shape index (κ1) is 29.0. The van der Waals surface area contributed by atoms with Crippen molar-refractivity contribution in [2.24, 2.45) is 35.5 Å². The molecule has 5 aliphatic rings. The number of fused-ring (bicyclic) bond motifs is 1. The minimum atomic E-state index is -0.622. The number of rotatable bonds is 7. The minimum Gasteiger partial charge on any atom is -0.454 e. The van der Waals surface area contributed by atoms with Crippen molar-refractivity contribution in [2.45, 2.75) is 26.7 Å². The highest BCUT2D eigenvalue weighted by Gasteiger charge is 2.67. The molecule has 4 aromatic rings. The van der Waals surface area contributed by atoms with Gasteiger partial charge in [-0.3, -0.25) is 19.3 Å². The number of aromatic nitrogens is 1. The van der Waals surface area contributed by atoms with E-state index in [0.29, 0.717) is 51.7 Å². The van der Waals surface area contributed by atoms with Gasteiger partial charge in [-0.1, -0.05) is 77.0 Å². The van der Waals surface area contributed by atoms with Crippen molar-refractivity contribution in [2.75, 3.05) is 11.5 Å². The van der Waals surface area contributed by atoms with Crippen LogP contribution in [-0.2, 0) is 20.7 Å². The molecule has 0 spiro atoms. The van der Waals surface area contributed by atoms with Gasteiger partial charge in [0.2, 0.25) is 11.8 Å². The van der Waals surface area contributed by atoms with E-state index in [4.69, 9.17) is 9.72 Å². The predicted molar refractivity (Wildman–Crippen MR) is 177 cm³/mol. The minimum absolute atomic E-state index is 0.0975. The molecule has 0 radical (unpaired) electrons. The summed E-state index contributed by atoms with van der Waals surface area (Å²) in [6, 6.07) is 19.9. The van der Waals surface area contributed by atoms with Crippen LogP contribution in [0.4, 0.5) is 5.69 Å². The second-order valence-electron chi connectivity index (χ2n) is 12.9.